The molecule has 33 heavy (non-hydrogen) atoms. The summed E-state index contributed by atoms with van der Waals surface area (Å²) in [6.07, 6.45) is 4.27. The van der Waals surface area contributed by atoms with Crippen molar-refractivity contribution < 1.29 is 13.9 Å². The average molecular weight is 450 g/mol. The van der Waals surface area contributed by atoms with Gasteiger partial charge in [0.25, 0.3) is 5.91 Å². The molecule has 2 aliphatic rings. The summed E-state index contributed by atoms with van der Waals surface area (Å²) >= 11 is 0. The summed E-state index contributed by atoms with van der Waals surface area (Å²) in [7, 11) is 0. The standard InChI is InChI=1S/C25H31N5O3/c1-4-29-11-13-30(14-12-29)23(31)18-5-9-20(26-16-18)17-6-10-22-21(15-17)27-24(32-22)33-25(2,3)28-19-7-8-19/h5-6,9-10,15-16,19,28H,4,7-8,11-14H2,1-3H3. The van der Waals surface area contributed by atoms with Gasteiger partial charge in [0, 0.05) is 44.0 Å². The zero-order valence-corrected chi connectivity index (χ0v) is 19.5. The van der Waals surface area contributed by atoms with E-state index >= 15 is 0 Å². The molecule has 0 spiro atoms. The number of fused-ring (bicyclic) bond motifs is 1. The Morgan fingerprint density at radius 1 is 1.18 bits per heavy atom. The second-order valence-corrected chi connectivity index (χ2v) is 9.35. The van der Waals surface area contributed by atoms with Crippen molar-refractivity contribution in [3.05, 3.63) is 42.1 Å². The molecular weight excluding hydrogens is 418 g/mol. The molecule has 8 heteroatoms. The van der Waals surface area contributed by atoms with E-state index < -0.39 is 5.72 Å². The maximum Gasteiger partial charge on any atom is 0.396 e. The van der Waals surface area contributed by atoms with E-state index in [0.29, 0.717) is 22.7 Å². The van der Waals surface area contributed by atoms with E-state index in [4.69, 9.17) is 9.15 Å². The first kappa shape index (κ1) is 21.9. The van der Waals surface area contributed by atoms with Crippen molar-refractivity contribution in [1.29, 1.82) is 0 Å². The van der Waals surface area contributed by atoms with Crippen molar-refractivity contribution in [3.63, 3.8) is 0 Å². The van der Waals surface area contributed by atoms with Crippen LogP contribution in [0.3, 0.4) is 0 Å². The number of nitrogens with zero attached hydrogens (tertiary/aromatic N) is 4. The molecule has 2 fully saturated rings. The summed E-state index contributed by atoms with van der Waals surface area (Å²) in [6.45, 7) is 10.5. The van der Waals surface area contributed by atoms with E-state index in [1.807, 2.05) is 49.1 Å². The number of hydrogen-bond acceptors (Lipinski definition) is 7. The first-order valence-electron chi connectivity index (χ1n) is 11.8. The van der Waals surface area contributed by atoms with Crippen LogP contribution in [0.5, 0.6) is 6.08 Å². The Morgan fingerprint density at radius 3 is 2.64 bits per heavy atom. The van der Waals surface area contributed by atoms with Gasteiger partial charge in [0.15, 0.2) is 11.3 Å². The SMILES string of the molecule is CCN1CCN(C(=O)c2ccc(-c3ccc4oc(OC(C)(C)NC5CC5)nc4c3)nc2)CC1. The van der Waals surface area contributed by atoms with Crippen LogP contribution in [0.25, 0.3) is 22.4 Å². The van der Waals surface area contributed by atoms with Crippen LogP contribution in [-0.2, 0) is 0 Å². The number of nitrogens with one attached hydrogen (secondary N) is 1. The fourth-order valence-corrected chi connectivity index (χ4v) is 4.22. The maximum atomic E-state index is 12.8. The summed E-state index contributed by atoms with van der Waals surface area (Å²) in [6, 6.07) is 10.00. The lowest BCUT2D eigenvalue weighted by Crippen LogP contribution is -2.48. The molecule has 1 saturated heterocycles. The van der Waals surface area contributed by atoms with Crippen molar-refractivity contribution in [2.75, 3.05) is 32.7 Å². The topological polar surface area (TPSA) is 83.7 Å². The maximum absolute atomic E-state index is 12.8. The third kappa shape index (κ3) is 5.02. The van der Waals surface area contributed by atoms with Gasteiger partial charge in [-0.15, -0.1) is 0 Å². The van der Waals surface area contributed by atoms with Crippen LogP contribution < -0.4 is 10.1 Å². The number of carbonyl (C=O) groups is 1. The number of piperazine rings is 1. The quantitative estimate of drug-likeness (QED) is 0.553. The highest BCUT2D eigenvalue weighted by atomic mass is 16.6. The van der Waals surface area contributed by atoms with Gasteiger partial charge in [0.05, 0.1) is 11.3 Å². The molecule has 1 aliphatic carbocycles. The normalized spacial score (nSPS) is 17.5. The van der Waals surface area contributed by atoms with E-state index in [1.54, 1.807) is 6.20 Å². The smallest absolute Gasteiger partial charge is 0.396 e. The number of ether oxygens (including phenoxy) is 1. The molecule has 8 nitrogen and oxygen atoms in total. The predicted octanol–water partition coefficient (Wildman–Crippen LogP) is 3.53. The molecule has 0 bridgehead atoms. The highest BCUT2D eigenvalue weighted by molar-refractivity contribution is 5.94. The van der Waals surface area contributed by atoms with E-state index in [1.165, 1.54) is 12.8 Å². The van der Waals surface area contributed by atoms with Crippen LogP contribution in [0.4, 0.5) is 0 Å². The van der Waals surface area contributed by atoms with Crippen LogP contribution in [0.1, 0.15) is 44.0 Å². The highest BCUT2D eigenvalue weighted by Gasteiger charge is 2.31. The van der Waals surface area contributed by atoms with Gasteiger partial charge >= 0.3 is 6.08 Å². The molecule has 5 rings (SSSR count). The van der Waals surface area contributed by atoms with Gasteiger partial charge in [-0.1, -0.05) is 6.92 Å². The average Bonchev–Trinajstić information content (AvgIpc) is 3.53. The lowest BCUT2D eigenvalue weighted by atomic mass is 10.1. The fraction of sp³-hybridized carbons (Fsp3) is 0.480. The number of hydrogen-bond donors (Lipinski definition) is 1. The van der Waals surface area contributed by atoms with Gasteiger partial charge in [0.2, 0.25) is 0 Å². The molecule has 1 aromatic carbocycles. The van der Waals surface area contributed by atoms with Crippen LogP contribution in [0, 0.1) is 0 Å². The Morgan fingerprint density at radius 2 is 1.97 bits per heavy atom. The number of pyridine rings is 1. The number of oxazole rings is 1. The predicted molar refractivity (Wildman–Crippen MR) is 126 cm³/mol. The molecular formula is C25H31N5O3. The zero-order valence-electron chi connectivity index (χ0n) is 19.5. The minimum Gasteiger partial charge on any atom is -0.429 e. The Balaban J connectivity index is 1.28. The number of aromatic nitrogens is 2. The third-order valence-electron chi connectivity index (χ3n) is 6.25. The molecule has 1 saturated carbocycles. The Labute approximate surface area is 193 Å². The molecule has 1 N–H and O–H groups in total. The lowest BCUT2D eigenvalue weighted by Gasteiger charge is -2.34. The lowest BCUT2D eigenvalue weighted by molar-refractivity contribution is 0.0388. The summed E-state index contributed by atoms with van der Waals surface area (Å²) in [4.78, 5) is 26.2. The van der Waals surface area contributed by atoms with Crippen LogP contribution in [0.2, 0.25) is 0 Å². The minimum atomic E-state index is -0.544. The number of rotatable bonds is 7. The van der Waals surface area contributed by atoms with Crippen molar-refractivity contribution in [2.45, 2.75) is 45.4 Å². The molecule has 0 radical (unpaired) electrons. The number of likely N-dealkylation sites (N-methyl/N-ethyl adjacent to an activating group) is 1. The van der Waals surface area contributed by atoms with Gasteiger partial charge in [-0.2, -0.15) is 4.98 Å². The second-order valence-electron chi connectivity index (χ2n) is 9.35. The second kappa shape index (κ2) is 8.76. The summed E-state index contributed by atoms with van der Waals surface area (Å²) in [5, 5.41) is 3.44. The summed E-state index contributed by atoms with van der Waals surface area (Å²) < 4.78 is 11.7. The van der Waals surface area contributed by atoms with Crippen LogP contribution in [-0.4, -0.2) is 70.2 Å². The van der Waals surface area contributed by atoms with Gasteiger partial charge in [-0.3, -0.25) is 15.1 Å². The van der Waals surface area contributed by atoms with Crippen LogP contribution in [0.15, 0.2) is 40.9 Å². The van der Waals surface area contributed by atoms with Crippen molar-refractivity contribution in [3.8, 4) is 17.3 Å². The number of benzene rings is 1. The number of carbonyl (C=O) groups excluding carboxylic acids is 1. The van der Waals surface area contributed by atoms with E-state index in [-0.39, 0.29) is 12.0 Å². The number of amides is 1. The molecule has 0 unspecified atom stereocenters. The first-order valence-corrected chi connectivity index (χ1v) is 11.8. The summed E-state index contributed by atoms with van der Waals surface area (Å²) in [5.74, 6) is 0.0426. The molecule has 174 valence electrons. The van der Waals surface area contributed by atoms with Crippen molar-refractivity contribution >= 4 is 17.0 Å². The fourth-order valence-electron chi connectivity index (χ4n) is 4.22. The Bertz CT molecular complexity index is 1130. The largest absolute Gasteiger partial charge is 0.429 e. The molecule has 1 aliphatic heterocycles. The molecule has 3 aromatic rings. The van der Waals surface area contributed by atoms with E-state index in [2.05, 4.69) is 27.1 Å². The van der Waals surface area contributed by atoms with Gasteiger partial charge in [-0.25, -0.2) is 0 Å². The monoisotopic (exact) mass is 449 g/mol. The third-order valence-corrected chi connectivity index (χ3v) is 6.25. The van der Waals surface area contributed by atoms with E-state index in [9.17, 15) is 4.79 Å². The zero-order chi connectivity index (χ0) is 23.0. The van der Waals surface area contributed by atoms with Crippen molar-refractivity contribution in [1.82, 2.24) is 25.1 Å². The van der Waals surface area contributed by atoms with Gasteiger partial charge in [0.1, 0.15) is 5.52 Å². The Kier molecular flexibility index (Phi) is 5.80. The van der Waals surface area contributed by atoms with Gasteiger partial charge < -0.3 is 19.0 Å². The molecule has 3 heterocycles. The molecule has 2 aromatic heterocycles. The first-order chi connectivity index (χ1) is 15.9. The van der Waals surface area contributed by atoms with Crippen LogP contribution >= 0.6 is 0 Å². The molecule has 0 atom stereocenters. The van der Waals surface area contributed by atoms with E-state index in [0.717, 1.165) is 44.0 Å². The highest BCUT2D eigenvalue weighted by Crippen LogP contribution is 2.29. The Hall–Kier alpha value is -2.97. The molecule has 1 amide bonds. The summed E-state index contributed by atoms with van der Waals surface area (Å²) in [5.41, 5.74) is 3.14. The van der Waals surface area contributed by atoms with Gasteiger partial charge in [-0.05, 0) is 63.6 Å². The van der Waals surface area contributed by atoms with Crippen molar-refractivity contribution in [2.24, 2.45) is 0 Å². The minimum absolute atomic E-state index is 0.0426.